The number of halogens is 3. The highest BCUT2D eigenvalue weighted by molar-refractivity contribution is 5.93. The first-order valence-electron chi connectivity index (χ1n) is 13.4. The highest BCUT2D eigenvalue weighted by atomic mass is 19.4. The zero-order chi connectivity index (χ0) is 29.1. The number of hydrogen-bond acceptors (Lipinski definition) is 8. The van der Waals surface area contributed by atoms with Gasteiger partial charge in [-0.2, -0.15) is 13.2 Å². The Bertz CT molecular complexity index is 1400. The van der Waals surface area contributed by atoms with E-state index >= 15 is 0 Å². The second-order valence-electron chi connectivity index (χ2n) is 10.3. The number of hydrogen-bond donors (Lipinski definition) is 1. The van der Waals surface area contributed by atoms with Gasteiger partial charge in [0.2, 0.25) is 0 Å². The van der Waals surface area contributed by atoms with Crippen molar-refractivity contribution in [2.24, 2.45) is 0 Å². The average molecular weight is 570 g/mol. The number of aryl methyl sites for hydroxylation is 1. The van der Waals surface area contributed by atoms with Gasteiger partial charge in [0.1, 0.15) is 23.4 Å². The monoisotopic (exact) mass is 569 g/mol. The van der Waals surface area contributed by atoms with E-state index in [0.717, 1.165) is 38.3 Å². The maximum Gasteiger partial charge on any atom is 0.423 e. The molecular weight excluding hydrogens is 539 g/mol. The molecule has 2 aliphatic rings. The van der Waals surface area contributed by atoms with Gasteiger partial charge in [-0.1, -0.05) is 17.7 Å². The fraction of sp³-hybridized carbons (Fsp3) is 0.393. The number of nitro benzene ring substituents is 1. The van der Waals surface area contributed by atoms with Gasteiger partial charge in [-0.05, 0) is 44.0 Å². The van der Waals surface area contributed by atoms with Crippen molar-refractivity contribution in [2.75, 3.05) is 54.4 Å². The fourth-order valence-electron chi connectivity index (χ4n) is 5.22. The summed E-state index contributed by atoms with van der Waals surface area (Å²) in [6.07, 6.45) is -2.44. The maximum absolute atomic E-state index is 13.3. The lowest BCUT2D eigenvalue weighted by Crippen LogP contribution is -2.47. The van der Waals surface area contributed by atoms with E-state index in [2.05, 4.69) is 56.3 Å². The number of nitrogens with one attached hydrogen (secondary N) is 1. The Kier molecular flexibility index (Phi) is 7.95. The van der Waals surface area contributed by atoms with Crippen LogP contribution in [0.25, 0.3) is 0 Å². The van der Waals surface area contributed by atoms with Gasteiger partial charge < -0.3 is 20.0 Å². The number of carbonyl (C=O) groups is 1. The number of benzene rings is 2. The standard InChI is InChI=1S/C28H30F3N7O3/c1-19-2-5-22(6-3-19)35-12-14-36(15-13-35)26-17-24(32-18-33-26)27(39)37-10-8-20(9-11-37)34-21-4-7-25(38(40)41)23(16-21)28(29,30)31/h2-7,16-18,20,34H,8-15H2,1H3. The summed E-state index contributed by atoms with van der Waals surface area (Å²) in [5.74, 6) is 0.474. The van der Waals surface area contributed by atoms with E-state index < -0.39 is 22.4 Å². The lowest BCUT2D eigenvalue weighted by Gasteiger charge is -2.37. The molecule has 2 fully saturated rings. The molecular formula is C28H30F3N7O3. The van der Waals surface area contributed by atoms with Gasteiger partial charge in [-0.15, -0.1) is 0 Å². The van der Waals surface area contributed by atoms with E-state index in [-0.39, 0.29) is 17.6 Å². The van der Waals surface area contributed by atoms with Crippen LogP contribution >= 0.6 is 0 Å². The van der Waals surface area contributed by atoms with Crippen LogP contribution in [0.2, 0.25) is 0 Å². The first kappa shape index (κ1) is 28.1. The number of rotatable bonds is 6. The van der Waals surface area contributed by atoms with E-state index in [1.165, 1.54) is 23.6 Å². The van der Waals surface area contributed by atoms with Crippen LogP contribution in [0.1, 0.15) is 34.5 Å². The third-order valence-electron chi connectivity index (χ3n) is 7.53. The summed E-state index contributed by atoms with van der Waals surface area (Å²) in [6, 6.07) is 12.9. The van der Waals surface area contributed by atoms with Crippen LogP contribution in [-0.2, 0) is 6.18 Å². The molecule has 0 atom stereocenters. The second-order valence-corrected chi connectivity index (χ2v) is 10.3. The summed E-state index contributed by atoms with van der Waals surface area (Å²) in [6.45, 7) is 6.02. The number of nitro groups is 1. The van der Waals surface area contributed by atoms with Crippen molar-refractivity contribution in [2.45, 2.75) is 32.0 Å². The van der Waals surface area contributed by atoms with Crippen LogP contribution in [0.5, 0.6) is 0 Å². The maximum atomic E-state index is 13.3. The number of likely N-dealkylation sites (tertiary alicyclic amines) is 1. The third kappa shape index (κ3) is 6.50. The summed E-state index contributed by atoms with van der Waals surface area (Å²) in [7, 11) is 0. The molecule has 3 heterocycles. The number of aromatic nitrogens is 2. The lowest BCUT2D eigenvalue weighted by atomic mass is 10.0. The summed E-state index contributed by atoms with van der Waals surface area (Å²) < 4.78 is 40.0. The number of carbonyl (C=O) groups excluding carboxylic acids is 1. The van der Waals surface area contributed by atoms with Gasteiger partial charge in [0.05, 0.1) is 4.92 Å². The lowest BCUT2D eigenvalue weighted by molar-refractivity contribution is -0.388. The highest BCUT2D eigenvalue weighted by Crippen LogP contribution is 2.38. The molecule has 0 bridgehead atoms. The molecule has 2 aliphatic heterocycles. The molecule has 0 unspecified atom stereocenters. The zero-order valence-corrected chi connectivity index (χ0v) is 22.5. The van der Waals surface area contributed by atoms with E-state index in [1.54, 1.807) is 11.0 Å². The fourth-order valence-corrected chi connectivity index (χ4v) is 5.22. The molecule has 0 saturated carbocycles. The van der Waals surface area contributed by atoms with Crippen molar-refractivity contribution in [1.82, 2.24) is 14.9 Å². The smallest absolute Gasteiger partial charge is 0.382 e. The number of alkyl halides is 3. The zero-order valence-electron chi connectivity index (χ0n) is 22.5. The molecule has 1 aromatic heterocycles. The van der Waals surface area contributed by atoms with Crippen LogP contribution in [0.3, 0.4) is 0 Å². The van der Waals surface area contributed by atoms with Crippen LogP contribution in [0.15, 0.2) is 54.9 Å². The molecule has 2 aromatic carbocycles. The summed E-state index contributed by atoms with van der Waals surface area (Å²) in [5, 5.41) is 14.0. The number of piperidine rings is 1. The Hall–Kier alpha value is -4.42. The summed E-state index contributed by atoms with van der Waals surface area (Å²) >= 11 is 0. The quantitative estimate of drug-likeness (QED) is 0.335. The average Bonchev–Trinajstić information content (AvgIpc) is 2.97. The van der Waals surface area contributed by atoms with Crippen LogP contribution in [0, 0.1) is 17.0 Å². The minimum Gasteiger partial charge on any atom is -0.382 e. The van der Waals surface area contributed by atoms with Crippen molar-refractivity contribution in [3.63, 3.8) is 0 Å². The van der Waals surface area contributed by atoms with Crippen molar-refractivity contribution < 1.29 is 22.9 Å². The Morgan fingerprint density at radius 3 is 2.24 bits per heavy atom. The molecule has 3 aromatic rings. The van der Waals surface area contributed by atoms with Crippen LogP contribution < -0.4 is 15.1 Å². The van der Waals surface area contributed by atoms with E-state index in [1.807, 2.05) is 0 Å². The Labute approximate surface area is 234 Å². The molecule has 2 saturated heterocycles. The minimum atomic E-state index is -4.85. The van der Waals surface area contributed by atoms with Crippen molar-refractivity contribution >= 4 is 28.8 Å². The summed E-state index contributed by atoms with van der Waals surface area (Å²) in [5.41, 5.74) is 0.566. The Balaban J connectivity index is 1.16. The van der Waals surface area contributed by atoms with E-state index in [9.17, 15) is 28.1 Å². The van der Waals surface area contributed by atoms with Crippen molar-refractivity contribution in [3.05, 3.63) is 81.8 Å². The first-order valence-corrected chi connectivity index (χ1v) is 13.4. The topological polar surface area (TPSA) is 108 Å². The van der Waals surface area contributed by atoms with Crippen molar-refractivity contribution in [3.8, 4) is 0 Å². The first-order chi connectivity index (χ1) is 19.6. The third-order valence-corrected chi connectivity index (χ3v) is 7.53. The molecule has 1 N–H and O–H groups in total. The van der Waals surface area contributed by atoms with Crippen LogP contribution in [-0.4, -0.2) is 71.0 Å². The van der Waals surface area contributed by atoms with Crippen molar-refractivity contribution in [1.29, 1.82) is 0 Å². The van der Waals surface area contributed by atoms with Crippen LogP contribution in [0.4, 0.5) is 36.1 Å². The molecule has 13 heteroatoms. The van der Waals surface area contributed by atoms with Gasteiger partial charge in [-0.25, -0.2) is 9.97 Å². The van der Waals surface area contributed by atoms with Gasteiger partial charge in [0, 0.05) is 68.8 Å². The molecule has 1 amide bonds. The Morgan fingerprint density at radius 2 is 1.61 bits per heavy atom. The van der Waals surface area contributed by atoms with Gasteiger partial charge in [-0.3, -0.25) is 14.9 Å². The summed E-state index contributed by atoms with van der Waals surface area (Å²) in [4.78, 5) is 37.9. The SMILES string of the molecule is Cc1ccc(N2CCN(c3cc(C(=O)N4CCC(Nc5ccc([N+](=O)[O-])c(C(F)(F)F)c5)CC4)ncn3)CC2)cc1. The van der Waals surface area contributed by atoms with E-state index in [4.69, 9.17) is 0 Å². The minimum absolute atomic E-state index is 0.149. The largest absolute Gasteiger partial charge is 0.423 e. The predicted octanol–water partition coefficient (Wildman–Crippen LogP) is 4.76. The molecule has 0 aliphatic carbocycles. The number of anilines is 3. The Morgan fingerprint density at radius 1 is 0.951 bits per heavy atom. The molecule has 216 valence electrons. The van der Waals surface area contributed by atoms with Gasteiger partial charge >= 0.3 is 6.18 Å². The second kappa shape index (κ2) is 11.6. The predicted molar refractivity (Wildman–Crippen MR) is 148 cm³/mol. The number of amides is 1. The highest BCUT2D eigenvalue weighted by Gasteiger charge is 2.38. The number of piperazine rings is 1. The molecule has 0 radical (unpaired) electrons. The van der Waals surface area contributed by atoms with E-state index in [0.29, 0.717) is 37.4 Å². The molecule has 41 heavy (non-hydrogen) atoms. The molecule has 0 spiro atoms. The van der Waals surface area contributed by atoms with Gasteiger partial charge in [0.15, 0.2) is 0 Å². The molecule has 5 rings (SSSR count). The molecule has 10 nitrogen and oxygen atoms in total. The number of nitrogens with zero attached hydrogens (tertiary/aromatic N) is 6. The van der Waals surface area contributed by atoms with Gasteiger partial charge in [0.25, 0.3) is 11.6 Å². The normalized spacial score (nSPS) is 16.5.